The lowest BCUT2D eigenvalue weighted by molar-refractivity contribution is 0.102. The molecule has 4 rings (SSSR count). The second-order valence-electron chi connectivity index (χ2n) is 5.32. The van der Waals surface area contributed by atoms with Crippen molar-refractivity contribution in [3.8, 4) is 5.69 Å². The van der Waals surface area contributed by atoms with Gasteiger partial charge < -0.3 is 5.32 Å². The number of fused-ring (bicyclic) bond motifs is 1. The number of hydrogen-bond donors (Lipinski definition) is 1. The number of amides is 1. The van der Waals surface area contributed by atoms with Crippen LogP contribution in [0.1, 0.15) is 10.4 Å². The maximum Gasteiger partial charge on any atom is 0.256 e. The van der Waals surface area contributed by atoms with Crippen molar-refractivity contribution >= 4 is 22.8 Å². The Morgan fingerprint density at radius 1 is 0.875 bits per heavy atom. The summed E-state index contributed by atoms with van der Waals surface area (Å²) in [7, 11) is 0. The molecule has 24 heavy (non-hydrogen) atoms. The molecule has 2 aromatic heterocycles. The number of para-hydroxylation sites is 2. The van der Waals surface area contributed by atoms with Crippen molar-refractivity contribution in [2.24, 2.45) is 0 Å². The van der Waals surface area contributed by atoms with Crippen LogP contribution in [0.25, 0.3) is 16.7 Å². The molecule has 0 radical (unpaired) electrons. The first kappa shape index (κ1) is 14.1. The van der Waals surface area contributed by atoms with Crippen LogP contribution in [0.4, 0.5) is 5.82 Å². The monoisotopic (exact) mass is 314 g/mol. The molecule has 1 N–H and O–H groups in total. The Morgan fingerprint density at radius 2 is 1.67 bits per heavy atom. The topological polar surface area (TPSA) is 59.8 Å². The largest absolute Gasteiger partial charge is 0.307 e. The lowest BCUT2D eigenvalue weighted by Gasteiger charge is -2.07. The Balaban J connectivity index is 1.60. The Morgan fingerprint density at radius 3 is 2.46 bits per heavy atom. The van der Waals surface area contributed by atoms with Gasteiger partial charge in [-0.25, -0.2) is 9.97 Å². The number of hydrogen-bond acceptors (Lipinski definition) is 3. The Labute approximate surface area is 138 Å². The van der Waals surface area contributed by atoms with E-state index in [0.29, 0.717) is 11.4 Å². The molecule has 0 unspecified atom stereocenters. The second kappa shape index (κ2) is 5.96. The average molecular weight is 314 g/mol. The number of nitrogens with zero attached hydrogens (tertiary/aromatic N) is 3. The van der Waals surface area contributed by atoms with Crippen LogP contribution < -0.4 is 5.32 Å². The summed E-state index contributed by atoms with van der Waals surface area (Å²) in [6.07, 6.45) is 3.43. The molecule has 0 atom stereocenters. The van der Waals surface area contributed by atoms with Gasteiger partial charge in [-0.3, -0.25) is 9.36 Å². The van der Waals surface area contributed by atoms with Gasteiger partial charge in [-0.2, -0.15) is 0 Å². The Bertz CT molecular complexity index is 991. The van der Waals surface area contributed by atoms with E-state index in [1.54, 1.807) is 36.8 Å². The highest BCUT2D eigenvalue weighted by atomic mass is 16.1. The summed E-state index contributed by atoms with van der Waals surface area (Å²) < 4.78 is 2.00. The predicted octanol–water partition coefficient (Wildman–Crippen LogP) is 3.67. The number of carbonyl (C=O) groups excluding carboxylic acids is 1. The summed E-state index contributed by atoms with van der Waals surface area (Å²) in [6.45, 7) is 0. The van der Waals surface area contributed by atoms with E-state index in [9.17, 15) is 4.79 Å². The smallest absolute Gasteiger partial charge is 0.256 e. The van der Waals surface area contributed by atoms with Crippen LogP contribution >= 0.6 is 0 Å². The first-order chi connectivity index (χ1) is 11.8. The van der Waals surface area contributed by atoms with E-state index in [4.69, 9.17) is 0 Å². The van der Waals surface area contributed by atoms with E-state index in [2.05, 4.69) is 15.3 Å². The van der Waals surface area contributed by atoms with Crippen LogP contribution in [0.5, 0.6) is 0 Å². The third-order valence-corrected chi connectivity index (χ3v) is 3.77. The standard InChI is InChI=1S/C19H14N4O/c24-19(22-18-7-3-4-12-20-18)14-8-10-15(11-9-14)23-13-21-16-5-1-2-6-17(16)23/h1-13H,(H,20,22,24). The number of pyridine rings is 1. The van der Waals surface area contributed by atoms with Crippen molar-refractivity contribution in [3.05, 3.63) is 84.8 Å². The minimum absolute atomic E-state index is 0.185. The molecule has 0 bridgehead atoms. The van der Waals surface area contributed by atoms with Crippen LogP contribution in [0.2, 0.25) is 0 Å². The maximum absolute atomic E-state index is 12.3. The molecule has 5 heteroatoms. The van der Waals surface area contributed by atoms with Crippen molar-refractivity contribution in [1.29, 1.82) is 0 Å². The molecule has 0 saturated carbocycles. The van der Waals surface area contributed by atoms with Crippen LogP contribution in [-0.2, 0) is 0 Å². The molecule has 2 aromatic carbocycles. The van der Waals surface area contributed by atoms with E-state index < -0.39 is 0 Å². The highest BCUT2D eigenvalue weighted by Gasteiger charge is 2.08. The molecule has 0 aliphatic heterocycles. The van der Waals surface area contributed by atoms with Gasteiger partial charge in [0, 0.05) is 17.4 Å². The molecule has 0 aliphatic rings. The van der Waals surface area contributed by atoms with Crippen molar-refractivity contribution in [3.63, 3.8) is 0 Å². The van der Waals surface area contributed by atoms with E-state index in [1.165, 1.54) is 0 Å². The number of carbonyl (C=O) groups is 1. The molecule has 0 spiro atoms. The number of aromatic nitrogens is 3. The first-order valence-electron chi connectivity index (χ1n) is 7.56. The van der Waals surface area contributed by atoms with Crippen molar-refractivity contribution in [2.45, 2.75) is 0 Å². The van der Waals surface area contributed by atoms with Gasteiger partial charge in [-0.05, 0) is 48.5 Å². The summed E-state index contributed by atoms with van der Waals surface area (Å²) in [5.74, 6) is 0.350. The van der Waals surface area contributed by atoms with Gasteiger partial charge in [0.2, 0.25) is 0 Å². The molecule has 116 valence electrons. The van der Waals surface area contributed by atoms with Crippen LogP contribution in [0, 0.1) is 0 Å². The molecule has 0 aliphatic carbocycles. The van der Waals surface area contributed by atoms with E-state index in [-0.39, 0.29) is 5.91 Å². The molecular weight excluding hydrogens is 300 g/mol. The van der Waals surface area contributed by atoms with Crippen molar-refractivity contribution in [2.75, 3.05) is 5.32 Å². The highest BCUT2D eigenvalue weighted by molar-refractivity contribution is 6.03. The van der Waals surface area contributed by atoms with Gasteiger partial charge >= 0.3 is 0 Å². The quantitative estimate of drug-likeness (QED) is 0.627. The van der Waals surface area contributed by atoms with Gasteiger partial charge in [-0.1, -0.05) is 18.2 Å². The summed E-state index contributed by atoms with van der Waals surface area (Å²) >= 11 is 0. The van der Waals surface area contributed by atoms with Gasteiger partial charge in [0.05, 0.1) is 11.0 Å². The average Bonchev–Trinajstić information content (AvgIpc) is 3.07. The van der Waals surface area contributed by atoms with Gasteiger partial charge in [0.15, 0.2) is 0 Å². The third kappa shape index (κ3) is 2.63. The zero-order chi connectivity index (χ0) is 16.4. The second-order valence-corrected chi connectivity index (χ2v) is 5.32. The van der Waals surface area contributed by atoms with Crippen LogP contribution in [0.3, 0.4) is 0 Å². The number of anilines is 1. The fraction of sp³-hybridized carbons (Fsp3) is 0. The molecule has 0 fully saturated rings. The summed E-state index contributed by atoms with van der Waals surface area (Å²) in [6, 6.07) is 20.7. The minimum atomic E-state index is -0.185. The first-order valence-corrected chi connectivity index (χ1v) is 7.56. The zero-order valence-electron chi connectivity index (χ0n) is 12.8. The van der Waals surface area contributed by atoms with Gasteiger partial charge in [0.1, 0.15) is 12.1 Å². The Kier molecular flexibility index (Phi) is 3.51. The van der Waals surface area contributed by atoms with E-state index in [1.807, 2.05) is 47.0 Å². The van der Waals surface area contributed by atoms with E-state index >= 15 is 0 Å². The molecule has 4 aromatic rings. The lowest BCUT2D eigenvalue weighted by atomic mass is 10.2. The van der Waals surface area contributed by atoms with Gasteiger partial charge in [-0.15, -0.1) is 0 Å². The van der Waals surface area contributed by atoms with Crippen molar-refractivity contribution < 1.29 is 4.79 Å². The molecule has 1 amide bonds. The molecule has 5 nitrogen and oxygen atoms in total. The van der Waals surface area contributed by atoms with Crippen LogP contribution in [-0.4, -0.2) is 20.4 Å². The lowest BCUT2D eigenvalue weighted by Crippen LogP contribution is -2.12. The predicted molar refractivity (Wildman–Crippen MR) is 93.3 cm³/mol. The molecular formula is C19H14N4O. The molecule has 0 saturated heterocycles. The third-order valence-electron chi connectivity index (χ3n) is 3.77. The fourth-order valence-electron chi connectivity index (χ4n) is 2.56. The fourth-order valence-corrected chi connectivity index (χ4v) is 2.56. The minimum Gasteiger partial charge on any atom is -0.307 e. The number of nitrogens with one attached hydrogen (secondary N) is 1. The normalized spacial score (nSPS) is 10.7. The number of benzene rings is 2. The summed E-state index contributed by atoms with van der Waals surface area (Å²) in [5, 5.41) is 2.77. The molecule has 2 heterocycles. The maximum atomic E-state index is 12.3. The van der Waals surface area contributed by atoms with Crippen LogP contribution in [0.15, 0.2) is 79.3 Å². The van der Waals surface area contributed by atoms with E-state index in [0.717, 1.165) is 16.7 Å². The SMILES string of the molecule is O=C(Nc1ccccn1)c1ccc(-n2cnc3ccccc32)cc1. The number of rotatable bonds is 3. The number of imidazole rings is 1. The van der Waals surface area contributed by atoms with Gasteiger partial charge in [0.25, 0.3) is 5.91 Å². The zero-order valence-corrected chi connectivity index (χ0v) is 12.8. The summed E-state index contributed by atoms with van der Waals surface area (Å²) in [5.41, 5.74) is 3.50. The summed E-state index contributed by atoms with van der Waals surface area (Å²) in [4.78, 5) is 20.7. The highest BCUT2D eigenvalue weighted by Crippen LogP contribution is 2.18. The van der Waals surface area contributed by atoms with Crippen molar-refractivity contribution in [1.82, 2.24) is 14.5 Å². The Hall–Kier alpha value is -3.47.